The number of aromatic nitrogens is 2. The molecule has 1 saturated heterocycles. The zero-order valence-electron chi connectivity index (χ0n) is 15.8. The minimum absolute atomic E-state index is 0. The maximum absolute atomic E-state index is 4.33. The highest BCUT2D eigenvalue weighted by Crippen LogP contribution is 2.09. The van der Waals surface area contributed by atoms with Crippen molar-refractivity contribution in [3.05, 3.63) is 18.5 Å². The summed E-state index contributed by atoms with van der Waals surface area (Å²) in [5.41, 5.74) is 0.0255. The van der Waals surface area contributed by atoms with Gasteiger partial charge in [0.05, 0.1) is 0 Å². The number of anilines is 1. The normalized spacial score (nSPS) is 16.3. The van der Waals surface area contributed by atoms with Crippen molar-refractivity contribution in [2.45, 2.75) is 32.7 Å². The van der Waals surface area contributed by atoms with Crippen LogP contribution in [0.2, 0.25) is 0 Å². The Bertz CT molecular complexity index is 507. The molecule has 0 spiro atoms. The number of piperazine rings is 1. The topological polar surface area (TPSA) is 68.7 Å². The second kappa shape index (κ2) is 10.7. The summed E-state index contributed by atoms with van der Waals surface area (Å²) in [6.07, 6.45) is 4.71. The molecule has 7 nitrogen and oxygen atoms in total. The first-order valence-electron chi connectivity index (χ1n) is 8.71. The summed E-state index contributed by atoms with van der Waals surface area (Å²) < 4.78 is 0. The second-order valence-electron chi connectivity index (χ2n) is 7.11. The average molecular weight is 461 g/mol. The molecule has 8 heteroatoms. The van der Waals surface area contributed by atoms with Gasteiger partial charge in [-0.25, -0.2) is 9.97 Å². The van der Waals surface area contributed by atoms with Gasteiger partial charge in [-0.1, -0.05) is 0 Å². The van der Waals surface area contributed by atoms with Crippen LogP contribution in [0.1, 0.15) is 27.2 Å². The second-order valence-corrected chi connectivity index (χ2v) is 7.11. The fourth-order valence-corrected chi connectivity index (χ4v) is 2.67. The van der Waals surface area contributed by atoms with E-state index >= 15 is 0 Å². The Labute approximate surface area is 168 Å². The number of nitrogens with one attached hydrogen (secondary N) is 2. The van der Waals surface area contributed by atoms with Gasteiger partial charge in [0.1, 0.15) is 0 Å². The molecule has 25 heavy (non-hydrogen) atoms. The summed E-state index contributed by atoms with van der Waals surface area (Å²) in [6.45, 7) is 12.5. The number of halogens is 1. The maximum atomic E-state index is 4.33. The van der Waals surface area contributed by atoms with E-state index in [2.05, 4.69) is 56.2 Å². The highest BCUT2D eigenvalue weighted by atomic mass is 127. The van der Waals surface area contributed by atoms with Crippen LogP contribution < -0.4 is 15.5 Å². The van der Waals surface area contributed by atoms with E-state index in [0.29, 0.717) is 0 Å². The van der Waals surface area contributed by atoms with Crippen molar-refractivity contribution in [3.63, 3.8) is 0 Å². The van der Waals surface area contributed by atoms with Gasteiger partial charge < -0.3 is 15.5 Å². The molecule has 1 aromatic heterocycles. The predicted octanol–water partition coefficient (Wildman–Crippen LogP) is 1.57. The first-order valence-corrected chi connectivity index (χ1v) is 8.71. The predicted molar refractivity (Wildman–Crippen MR) is 115 cm³/mol. The molecular weight excluding hydrogens is 429 g/mol. The molecule has 1 aliphatic heterocycles. The monoisotopic (exact) mass is 461 g/mol. The van der Waals surface area contributed by atoms with E-state index in [1.807, 2.05) is 13.1 Å². The van der Waals surface area contributed by atoms with Gasteiger partial charge in [0.2, 0.25) is 5.95 Å². The lowest BCUT2D eigenvalue weighted by atomic mass is 10.1. The van der Waals surface area contributed by atoms with Crippen molar-refractivity contribution in [1.29, 1.82) is 0 Å². The molecule has 0 atom stereocenters. The van der Waals surface area contributed by atoms with E-state index in [1.54, 1.807) is 12.4 Å². The van der Waals surface area contributed by atoms with Crippen LogP contribution in [-0.2, 0) is 0 Å². The standard InChI is InChI=1S/C17H31N7.HI/c1-17(2,3)22-15(18-4)19-9-6-10-23-11-13-24(14-12-23)16-20-7-5-8-21-16;/h5,7-8H,6,9-14H2,1-4H3,(H2,18,19,22);1H. The molecule has 0 aliphatic carbocycles. The Kier molecular flexibility index (Phi) is 9.41. The summed E-state index contributed by atoms with van der Waals surface area (Å²) in [4.78, 5) is 17.7. The lowest BCUT2D eigenvalue weighted by Gasteiger charge is -2.34. The first-order chi connectivity index (χ1) is 11.5. The molecule has 0 unspecified atom stereocenters. The van der Waals surface area contributed by atoms with Crippen LogP contribution in [0, 0.1) is 0 Å². The van der Waals surface area contributed by atoms with Crippen LogP contribution in [-0.4, -0.2) is 72.7 Å². The highest BCUT2D eigenvalue weighted by Gasteiger charge is 2.18. The van der Waals surface area contributed by atoms with Crippen molar-refractivity contribution in [1.82, 2.24) is 25.5 Å². The largest absolute Gasteiger partial charge is 0.356 e. The van der Waals surface area contributed by atoms with Crippen molar-refractivity contribution >= 4 is 35.9 Å². The van der Waals surface area contributed by atoms with Crippen molar-refractivity contribution in [2.75, 3.05) is 51.2 Å². The maximum Gasteiger partial charge on any atom is 0.225 e. The third kappa shape index (κ3) is 8.17. The van der Waals surface area contributed by atoms with Gasteiger partial charge in [-0.05, 0) is 39.8 Å². The summed E-state index contributed by atoms with van der Waals surface area (Å²) in [6, 6.07) is 1.86. The van der Waals surface area contributed by atoms with Gasteiger partial charge in [-0.3, -0.25) is 9.89 Å². The number of hydrogen-bond donors (Lipinski definition) is 2. The molecule has 0 amide bonds. The molecule has 1 fully saturated rings. The van der Waals surface area contributed by atoms with Crippen molar-refractivity contribution in [3.8, 4) is 0 Å². The van der Waals surface area contributed by atoms with Crippen LogP contribution in [0.25, 0.3) is 0 Å². The molecule has 1 aromatic rings. The van der Waals surface area contributed by atoms with Crippen LogP contribution >= 0.6 is 24.0 Å². The molecule has 2 N–H and O–H groups in total. The van der Waals surface area contributed by atoms with Crippen LogP contribution in [0.5, 0.6) is 0 Å². The highest BCUT2D eigenvalue weighted by molar-refractivity contribution is 14.0. The van der Waals surface area contributed by atoms with Gasteiger partial charge in [-0.15, -0.1) is 24.0 Å². The number of rotatable bonds is 5. The van der Waals surface area contributed by atoms with Crippen molar-refractivity contribution in [2.24, 2.45) is 4.99 Å². The molecule has 142 valence electrons. The minimum Gasteiger partial charge on any atom is -0.356 e. The van der Waals surface area contributed by atoms with Crippen LogP contribution in [0.4, 0.5) is 5.95 Å². The van der Waals surface area contributed by atoms with E-state index in [1.165, 1.54) is 0 Å². The SMILES string of the molecule is CN=C(NCCCN1CCN(c2ncccn2)CC1)NC(C)(C)C.I. The van der Waals surface area contributed by atoms with E-state index in [4.69, 9.17) is 0 Å². The number of nitrogens with zero attached hydrogens (tertiary/aromatic N) is 5. The molecule has 0 saturated carbocycles. The average Bonchev–Trinajstić information content (AvgIpc) is 2.58. The zero-order chi connectivity index (χ0) is 17.4. The number of aliphatic imine (C=N–C) groups is 1. The number of hydrogen-bond acceptors (Lipinski definition) is 5. The Morgan fingerprint density at radius 2 is 1.80 bits per heavy atom. The summed E-state index contributed by atoms with van der Waals surface area (Å²) in [5.74, 6) is 1.71. The van der Waals surface area contributed by atoms with Crippen LogP contribution in [0.3, 0.4) is 0 Å². The number of guanidine groups is 1. The molecule has 0 bridgehead atoms. The Morgan fingerprint density at radius 1 is 1.16 bits per heavy atom. The lowest BCUT2D eigenvalue weighted by Crippen LogP contribution is -2.49. The summed E-state index contributed by atoms with van der Waals surface area (Å²) in [7, 11) is 1.81. The van der Waals surface area contributed by atoms with Gasteiger partial charge in [0.15, 0.2) is 5.96 Å². The molecule has 1 aliphatic rings. The van der Waals surface area contributed by atoms with E-state index in [9.17, 15) is 0 Å². The Hall–Kier alpha value is -1.16. The third-order valence-corrected chi connectivity index (χ3v) is 3.87. The Balaban J connectivity index is 0.00000312. The smallest absolute Gasteiger partial charge is 0.225 e. The Morgan fingerprint density at radius 3 is 2.36 bits per heavy atom. The van der Waals surface area contributed by atoms with Gasteiger partial charge in [0.25, 0.3) is 0 Å². The third-order valence-electron chi connectivity index (χ3n) is 3.87. The molecule has 0 radical (unpaired) electrons. The van der Waals surface area contributed by atoms with Gasteiger partial charge >= 0.3 is 0 Å². The molecule has 2 rings (SSSR count). The van der Waals surface area contributed by atoms with E-state index < -0.39 is 0 Å². The summed E-state index contributed by atoms with van der Waals surface area (Å²) in [5, 5.41) is 6.76. The molecule has 2 heterocycles. The van der Waals surface area contributed by atoms with E-state index in [0.717, 1.165) is 57.6 Å². The van der Waals surface area contributed by atoms with Gasteiger partial charge in [-0.2, -0.15) is 0 Å². The van der Waals surface area contributed by atoms with Crippen molar-refractivity contribution < 1.29 is 0 Å². The lowest BCUT2D eigenvalue weighted by molar-refractivity contribution is 0.254. The zero-order valence-corrected chi connectivity index (χ0v) is 18.2. The minimum atomic E-state index is 0. The first kappa shape index (κ1) is 21.9. The fraction of sp³-hybridized carbons (Fsp3) is 0.706. The van der Waals surface area contributed by atoms with Crippen LogP contribution in [0.15, 0.2) is 23.5 Å². The quantitative estimate of drug-likeness (QED) is 0.301. The summed E-state index contributed by atoms with van der Waals surface area (Å²) >= 11 is 0. The fourth-order valence-electron chi connectivity index (χ4n) is 2.67. The van der Waals surface area contributed by atoms with Gasteiger partial charge in [0, 0.05) is 57.7 Å². The van der Waals surface area contributed by atoms with E-state index in [-0.39, 0.29) is 29.5 Å². The molecular formula is C17H32IN7. The molecule has 0 aromatic carbocycles.